The van der Waals surface area contributed by atoms with Crippen LogP contribution in [0, 0.1) is 0 Å². The first kappa shape index (κ1) is 16.8. The number of carbonyl (C=O) groups excluding carboxylic acids is 1. The van der Waals surface area contributed by atoms with Crippen LogP contribution in [0.4, 0.5) is 10.2 Å². The minimum absolute atomic E-state index is 0.124. The van der Waals surface area contributed by atoms with Crippen molar-refractivity contribution in [3.05, 3.63) is 59.0 Å². The summed E-state index contributed by atoms with van der Waals surface area (Å²) in [5.41, 5.74) is 2.30. The first-order valence-corrected chi connectivity index (χ1v) is 8.70. The second-order valence-electron chi connectivity index (χ2n) is 6.48. The number of hydrogen-bond acceptors (Lipinski definition) is 3. The maximum absolute atomic E-state index is 13.1. The van der Waals surface area contributed by atoms with E-state index in [1.165, 1.54) is 0 Å². The minimum Gasteiger partial charge on any atom is -0.309 e. The van der Waals surface area contributed by atoms with Gasteiger partial charge in [0.1, 0.15) is 6.17 Å². The van der Waals surface area contributed by atoms with Gasteiger partial charge in [-0.3, -0.25) is 9.89 Å². The minimum atomic E-state index is -0.810. The number of aromatic nitrogens is 4. The number of alkyl halides is 1. The Bertz CT molecular complexity index is 952. The number of amides is 1. The van der Waals surface area contributed by atoms with Crippen LogP contribution in [0.1, 0.15) is 36.4 Å². The van der Waals surface area contributed by atoms with Crippen LogP contribution in [0.15, 0.2) is 42.7 Å². The maximum atomic E-state index is 13.1. The van der Waals surface area contributed by atoms with Gasteiger partial charge in [-0.25, -0.2) is 9.07 Å². The van der Waals surface area contributed by atoms with Gasteiger partial charge in [-0.15, -0.1) is 0 Å². The molecule has 6 nitrogen and oxygen atoms in total. The monoisotopic (exact) mass is 373 g/mol. The van der Waals surface area contributed by atoms with E-state index in [9.17, 15) is 9.18 Å². The van der Waals surface area contributed by atoms with E-state index < -0.39 is 12.1 Å². The van der Waals surface area contributed by atoms with Gasteiger partial charge < -0.3 is 5.32 Å². The van der Waals surface area contributed by atoms with Crippen molar-refractivity contribution < 1.29 is 9.18 Å². The van der Waals surface area contributed by atoms with Crippen LogP contribution < -0.4 is 5.32 Å². The maximum Gasteiger partial charge on any atom is 0.232 e. The molecule has 0 bridgehead atoms. The molecule has 0 unspecified atom stereocenters. The van der Waals surface area contributed by atoms with Crippen molar-refractivity contribution in [3.8, 4) is 5.69 Å². The van der Waals surface area contributed by atoms with Crippen LogP contribution in [-0.4, -0.2) is 32.1 Å². The zero-order valence-electron chi connectivity index (χ0n) is 14.0. The lowest BCUT2D eigenvalue weighted by molar-refractivity contribution is -0.117. The third kappa shape index (κ3) is 3.35. The van der Waals surface area contributed by atoms with Gasteiger partial charge in [-0.2, -0.15) is 10.2 Å². The van der Waals surface area contributed by atoms with E-state index in [1.807, 2.05) is 12.1 Å². The zero-order chi connectivity index (χ0) is 18.3. The van der Waals surface area contributed by atoms with Crippen molar-refractivity contribution >= 4 is 23.3 Å². The number of H-pyrrole nitrogens is 1. The van der Waals surface area contributed by atoms with Gasteiger partial charge >= 0.3 is 0 Å². The highest BCUT2D eigenvalue weighted by atomic mass is 35.5. The number of halogens is 2. The molecule has 134 valence electrons. The number of benzene rings is 1. The molecule has 1 aliphatic rings. The summed E-state index contributed by atoms with van der Waals surface area (Å²) in [6.45, 7) is 1.79. The molecule has 2 N–H and O–H groups in total. The van der Waals surface area contributed by atoms with Gasteiger partial charge in [-0.05, 0) is 31.5 Å². The highest BCUT2D eigenvalue weighted by molar-refractivity contribution is 6.30. The summed E-state index contributed by atoms with van der Waals surface area (Å²) in [5.74, 6) is -0.348. The summed E-state index contributed by atoms with van der Waals surface area (Å²) in [6.07, 6.45) is 3.15. The Hall–Kier alpha value is -2.67. The van der Waals surface area contributed by atoms with E-state index in [0.29, 0.717) is 23.0 Å². The topological polar surface area (TPSA) is 75.6 Å². The fourth-order valence-corrected chi connectivity index (χ4v) is 2.97. The summed E-state index contributed by atoms with van der Waals surface area (Å²) < 4.78 is 14.8. The number of hydrogen-bond donors (Lipinski definition) is 2. The molecular formula is C18H17ClFN5O. The van der Waals surface area contributed by atoms with Crippen LogP contribution in [0.25, 0.3) is 5.69 Å². The number of anilines is 1. The quantitative estimate of drug-likeness (QED) is 0.714. The van der Waals surface area contributed by atoms with Gasteiger partial charge in [0, 0.05) is 34.5 Å². The highest BCUT2D eigenvalue weighted by Gasteiger charge is 2.40. The summed E-state index contributed by atoms with van der Waals surface area (Å²) in [4.78, 5) is 12.5. The van der Waals surface area contributed by atoms with E-state index in [4.69, 9.17) is 11.6 Å². The normalized spacial score (nSPS) is 20.0. The average molecular weight is 374 g/mol. The molecule has 3 atom stereocenters. The Morgan fingerprint density at radius 3 is 3.00 bits per heavy atom. The third-order valence-electron chi connectivity index (χ3n) is 4.53. The molecule has 1 saturated carbocycles. The fourth-order valence-electron chi connectivity index (χ4n) is 2.78. The van der Waals surface area contributed by atoms with Crippen LogP contribution in [0.5, 0.6) is 0 Å². The van der Waals surface area contributed by atoms with Gasteiger partial charge in [0.15, 0.2) is 5.82 Å². The second-order valence-corrected chi connectivity index (χ2v) is 6.91. The van der Waals surface area contributed by atoms with E-state index in [0.717, 1.165) is 11.3 Å². The van der Waals surface area contributed by atoms with E-state index in [2.05, 4.69) is 20.6 Å². The van der Waals surface area contributed by atoms with Crippen molar-refractivity contribution in [2.75, 3.05) is 5.32 Å². The molecule has 1 amide bonds. The third-order valence-corrected chi connectivity index (χ3v) is 4.76. The highest BCUT2D eigenvalue weighted by Crippen LogP contribution is 2.43. The Morgan fingerprint density at radius 1 is 1.46 bits per heavy atom. The van der Waals surface area contributed by atoms with Gasteiger partial charge in [-0.1, -0.05) is 17.7 Å². The lowest BCUT2D eigenvalue weighted by atomic mass is 10.0. The molecule has 4 rings (SSSR count). The Labute approximate surface area is 154 Å². The summed E-state index contributed by atoms with van der Waals surface area (Å²) in [7, 11) is 0. The number of carbonyl (C=O) groups is 1. The van der Waals surface area contributed by atoms with E-state index in [1.54, 1.807) is 42.2 Å². The van der Waals surface area contributed by atoms with E-state index in [-0.39, 0.29) is 11.8 Å². The summed E-state index contributed by atoms with van der Waals surface area (Å²) >= 11 is 6.00. The van der Waals surface area contributed by atoms with Gasteiger partial charge in [0.2, 0.25) is 5.91 Å². The van der Waals surface area contributed by atoms with Crippen molar-refractivity contribution in [1.29, 1.82) is 0 Å². The molecule has 0 saturated heterocycles. The fraction of sp³-hybridized carbons (Fsp3) is 0.278. The second kappa shape index (κ2) is 6.57. The van der Waals surface area contributed by atoms with Crippen LogP contribution in [0.2, 0.25) is 5.02 Å². The standard InChI is InChI=1S/C18H17ClFN5O/c1-10(11-8-21-25(9-11)13-4-2-3-12(19)5-13)18(26)22-17-7-16(23-24-17)14-6-15(14)20/h2-5,7-10,14-15H,6H2,1H3,(H2,22,23,24,26)/t10-,14+,15+/m1/s1. The molecule has 0 aliphatic heterocycles. The number of rotatable bonds is 5. The molecule has 1 aromatic carbocycles. The molecule has 1 aliphatic carbocycles. The van der Waals surface area contributed by atoms with Crippen LogP contribution in [0.3, 0.4) is 0 Å². The Morgan fingerprint density at radius 2 is 2.27 bits per heavy atom. The molecular weight excluding hydrogens is 357 g/mol. The van der Waals surface area contributed by atoms with Gasteiger partial charge in [0.05, 0.1) is 17.8 Å². The molecule has 1 fully saturated rings. The largest absolute Gasteiger partial charge is 0.309 e. The molecule has 0 spiro atoms. The Balaban J connectivity index is 1.44. The SMILES string of the molecule is C[C@@H](C(=O)Nc1cc([C@H]2C[C@@H]2F)[nH]n1)c1cnn(-c2cccc(Cl)c2)c1. The molecule has 2 heterocycles. The predicted octanol–water partition coefficient (Wildman–Crippen LogP) is 3.82. The smallest absolute Gasteiger partial charge is 0.232 e. The molecule has 0 radical (unpaired) electrons. The Kier molecular flexibility index (Phi) is 4.24. The van der Waals surface area contributed by atoms with Crippen LogP contribution in [-0.2, 0) is 4.79 Å². The molecule has 8 heteroatoms. The van der Waals surface area contributed by atoms with Crippen LogP contribution >= 0.6 is 11.6 Å². The number of aromatic amines is 1. The lowest BCUT2D eigenvalue weighted by Gasteiger charge is -2.08. The average Bonchev–Trinajstić information content (AvgIpc) is 3.05. The van der Waals surface area contributed by atoms with Gasteiger partial charge in [0.25, 0.3) is 0 Å². The number of nitrogens with zero attached hydrogens (tertiary/aromatic N) is 3. The van der Waals surface area contributed by atoms with Crippen molar-refractivity contribution in [2.24, 2.45) is 0 Å². The first-order chi connectivity index (χ1) is 12.5. The molecule has 2 aromatic heterocycles. The molecule has 3 aromatic rings. The van der Waals surface area contributed by atoms with Crippen molar-refractivity contribution in [2.45, 2.75) is 31.4 Å². The first-order valence-electron chi connectivity index (χ1n) is 8.32. The van der Waals surface area contributed by atoms with Crippen molar-refractivity contribution in [3.63, 3.8) is 0 Å². The summed E-state index contributed by atoms with van der Waals surface area (Å²) in [5, 5.41) is 14.5. The lowest BCUT2D eigenvalue weighted by Crippen LogP contribution is -2.18. The van der Waals surface area contributed by atoms with E-state index >= 15 is 0 Å². The van der Waals surface area contributed by atoms with Crippen molar-refractivity contribution in [1.82, 2.24) is 20.0 Å². The predicted molar refractivity (Wildman–Crippen MR) is 96.5 cm³/mol. The number of nitrogens with one attached hydrogen (secondary N) is 2. The molecule has 26 heavy (non-hydrogen) atoms. The summed E-state index contributed by atoms with van der Waals surface area (Å²) in [6, 6.07) is 8.99. The zero-order valence-corrected chi connectivity index (χ0v) is 14.7.